The standard InChI is InChI=1S/C17H14F3NO4/c1-10-3-4-12(7-11(10)2)15(22)9-25-16-6-5-13(21(23)24)8-14(16)17(18,19)20/h3-8H,9H2,1-2H3. The number of aryl methyl sites for hydroxylation is 2. The number of carbonyl (C=O) groups is 1. The minimum atomic E-state index is -4.84. The molecular formula is C17H14F3NO4. The molecule has 0 spiro atoms. The molecule has 0 aliphatic rings. The van der Waals surface area contributed by atoms with E-state index in [1.165, 1.54) is 0 Å². The van der Waals surface area contributed by atoms with Crippen LogP contribution in [-0.4, -0.2) is 17.3 Å². The molecule has 0 heterocycles. The van der Waals surface area contributed by atoms with E-state index in [1.54, 1.807) is 18.2 Å². The Morgan fingerprint density at radius 2 is 1.80 bits per heavy atom. The fourth-order valence-corrected chi connectivity index (χ4v) is 2.12. The third-order valence-corrected chi connectivity index (χ3v) is 3.67. The highest BCUT2D eigenvalue weighted by Gasteiger charge is 2.36. The van der Waals surface area contributed by atoms with Crippen molar-refractivity contribution in [3.8, 4) is 5.75 Å². The SMILES string of the molecule is Cc1ccc(C(=O)COc2ccc([N+](=O)[O-])cc2C(F)(F)F)cc1C. The molecule has 2 aromatic rings. The number of non-ortho nitro benzene ring substituents is 1. The van der Waals surface area contributed by atoms with Gasteiger partial charge in [0, 0.05) is 17.7 Å². The van der Waals surface area contributed by atoms with Crippen LogP contribution in [0.1, 0.15) is 27.0 Å². The van der Waals surface area contributed by atoms with Crippen molar-refractivity contribution in [3.63, 3.8) is 0 Å². The predicted octanol–water partition coefficient (Wildman–Crippen LogP) is 4.49. The molecule has 25 heavy (non-hydrogen) atoms. The minimum Gasteiger partial charge on any atom is -0.485 e. The highest BCUT2D eigenvalue weighted by molar-refractivity contribution is 5.97. The summed E-state index contributed by atoms with van der Waals surface area (Å²) < 4.78 is 44.1. The van der Waals surface area contributed by atoms with E-state index in [0.29, 0.717) is 11.6 Å². The van der Waals surface area contributed by atoms with Gasteiger partial charge in [-0.15, -0.1) is 0 Å². The topological polar surface area (TPSA) is 69.4 Å². The highest BCUT2D eigenvalue weighted by atomic mass is 19.4. The molecule has 0 bridgehead atoms. The molecule has 0 amide bonds. The molecule has 0 saturated carbocycles. The van der Waals surface area contributed by atoms with Gasteiger partial charge in [0.25, 0.3) is 5.69 Å². The Morgan fingerprint density at radius 3 is 2.36 bits per heavy atom. The number of alkyl halides is 3. The molecule has 132 valence electrons. The van der Waals surface area contributed by atoms with E-state index in [0.717, 1.165) is 23.3 Å². The lowest BCUT2D eigenvalue weighted by molar-refractivity contribution is -0.385. The van der Waals surface area contributed by atoms with Gasteiger partial charge in [-0.3, -0.25) is 14.9 Å². The van der Waals surface area contributed by atoms with Crippen molar-refractivity contribution in [3.05, 3.63) is 68.8 Å². The lowest BCUT2D eigenvalue weighted by Gasteiger charge is -2.13. The predicted molar refractivity (Wildman–Crippen MR) is 83.8 cm³/mol. The lowest BCUT2D eigenvalue weighted by atomic mass is 10.0. The zero-order valence-corrected chi connectivity index (χ0v) is 13.4. The summed E-state index contributed by atoms with van der Waals surface area (Å²) in [5, 5.41) is 10.6. The number of rotatable bonds is 5. The van der Waals surface area contributed by atoms with Crippen molar-refractivity contribution in [1.29, 1.82) is 0 Å². The Balaban J connectivity index is 2.23. The molecule has 0 radical (unpaired) electrons. The van der Waals surface area contributed by atoms with Crippen LogP contribution in [0.3, 0.4) is 0 Å². The quantitative estimate of drug-likeness (QED) is 0.451. The van der Waals surface area contributed by atoms with Crippen LogP contribution in [-0.2, 0) is 6.18 Å². The van der Waals surface area contributed by atoms with E-state index in [4.69, 9.17) is 4.74 Å². The molecule has 0 N–H and O–H groups in total. The molecule has 0 aromatic heterocycles. The van der Waals surface area contributed by atoms with Gasteiger partial charge in [-0.25, -0.2) is 0 Å². The molecule has 8 heteroatoms. The van der Waals surface area contributed by atoms with Crippen molar-refractivity contribution in [1.82, 2.24) is 0 Å². The van der Waals surface area contributed by atoms with Gasteiger partial charge in [-0.2, -0.15) is 13.2 Å². The Hall–Kier alpha value is -2.90. The number of nitrogens with zero attached hydrogens (tertiary/aromatic N) is 1. The molecule has 0 saturated heterocycles. The molecular weight excluding hydrogens is 339 g/mol. The van der Waals surface area contributed by atoms with Gasteiger partial charge >= 0.3 is 6.18 Å². The van der Waals surface area contributed by atoms with E-state index >= 15 is 0 Å². The number of benzene rings is 2. The molecule has 5 nitrogen and oxygen atoms in total. The van der Waals surface area contributed by atoms with Crippen LogP contribution in [0, 0.1) is 24.0 Å². The third kappa shape index (κ3) is 4.34. The van der Waals surface area contributed by atoms with Gasteiger partial charge in [-0.1, -0.05) is 12.1 Å². The molecule has 0 fully saturated rings. The Bertz CT molecular complexity index is 831. The van der Waals surface area contributed by atoms with Gasteiger partial charge in [0.15, 0.2) is 12.4 Å². The molecule has 0 aliphatic heterocycles. The Morgan fingerprint density at radius 1 is 1.12 bits per heavy atom. The van der Waals surface area contributed by atoms with Crippen molar-refractivity contribution >= 4 is 11.5 Å². The van der Waals surface area contributed by atoms with Crippen LogP contribution in [0.15, 0.2) is 36.4 Å². The summed E-state index contributed by atoms with van der Waals surface area (Å²) in [6, 6.07) is 7.04. The first-order valence-electron chi connectivity index (χ1n) is 7.18. The van der Waals surface area contributed by atoms with Crippen molar-refractivity contribution < 1.29 is 27.6 Å². The lowest BCUT2D eigenvalue weighted by Crippen LogP contribution is -2.15. The average molecular weight is 353 g/mol. The summed E-state index contributed by atoms with van der Waals surface area (Å²) in [6.45, 7) is 3.07. The zero-order valence-electron chi connectivity index (χ0n) is 13.4. The summed E-state index contributed by atoms with van der Waals surface area (Å²) in [4.78, 5) is 21.8. The van der Waals surface area contributed by atoms with Crippen LogP contribution >= 0.6 is 0 Å². The Labute approximate surface area is 141 Å². The van der Waals surface area contributed by atoms with Gasteiger partial charge in [0.05, 0.1) is 4.92 Å². The van der Waals surface area contributed by atoms with E-state index in [-0.39, 0.29) is 0 Å². The van der Waals surface area contributed by atoms with Crippen LogP contribution in [0.5, 0.6) is 5.75 Å². The molecule has 2 aromatic carbocycles. The number of Topliss-reactive ketones (excluding diaryl/α,β-unsaturated/α-hetero) is 1. The summed E-state index contributed by atoms with van der Waals surface area (Å²) in [5.41, 5.74) is 0.165. The second kappa shape index (κ2) is 6.92. The van der Waals surface area contributed by atoms with E-state index in [2.05, 4.69) is 0 Å². The summed E-state index contributed by atoms with van der Waals surface area (Å²) in [5.74, 6) is -1.12. The van der Waals surface area contributed by atoms with E-state index in [9.17, 15) is 28.1 Å². The van der Waals surface area contributed by atoms with Gasteiger partial charge in [-0.05, 0) is 37.1 Å². The van der Waals surface area contributed by atoms with Gasteiger partial charge < -0.3 is 4.74 Å². The van der Waals surface area contributed by atoms with Crippen molar-refractivity contribution in [2.75, 3.05) is 6.61 Å². The van der Waals surface area contributed by atoms with Gasteiger partial charge in [0.1, 0.15) is 11.3 Å². The number of ether oxygens (including phenoxy) is 1. The number of ketones is 1. The second-order valence-corrected chi connectivity index (χ2v) is 5.45. The number of hydrogen-bond donors (Lipinski definition) is 0. The number of hydrogen-bond acceptors (Lipinski definition) is 4. The van der Waals surface area contributed by atoms with Crippen molar-refractivity contribution in [2.24, 2.45) is 0 Å². The smallest absolute Gasteiger partial charge is 0.420 e. The maximum Gasteiger partial charge on any atom is 0.420 e. The maximum absolute atomic E-state index is 13.0. The molecule has 0 atom stereocenters. The summed E-state index contributed by atoms with van der Waals surface area (Å²) in [6.07, 6.45) is -4.84. The average Bonchev–Trinajstić information content (AvgIpc) is 2.54. The highest BCUT2D eigenvalue weighted by Crippen LogP contribution is 2.38. The van der Waals surface area contributed by atoms with Gasteiger partial charge in [0.2, 0.25) is 0 Å². The minimum absolute atomic E-state index is 0.318. The number of carbonyl (C=O) groups excluding carboxylic acids is 1. The van der Waals surface area contributed by atoms with E-state index < -0.39 is 40.5 Å². The third-order valence-electron chi connectivity index (χ3n) is 3.67. The largest absolute Gasteiger partial charge is 0.485 e. The zero-order chi connectivity index (χ0) is 18.8. The molecule has 2 rings (SSSR count). The first-order valence-corrected chi connectivity index (χ1v) is 7.18. The molecule has 0 unspecified atom stereocenters. The Kier molecular flexibility index (Phi) is 5.10. The summed E-state index contributed by atoms with van der Waals surface area (Å²) in [7, 11) is 0. The van der Waals surface area contributed by atoms with E-state index in [1.807, 2.05) is 13.8 Å². The van der Waals surface area contributed by atoms with Crippen molar-refractivity contribution in [2.45, 2.75) is 20.0 Å². The van der Waals surface area contributed by atoms with Crippen LogP contribution in [0.25, 0.3) is 0 Å². The fraction of sp³-hybridized carbons (Fsp3) is 0.235. The summed E-state index contributed by atoms with van der Waals surface area (Å²) >= 11 is 0. The first-order chi connectivity index (χ1) is 11.6. The first kappa shape index (κ1) is 18.4. The monoisotopic (exact) mass is 353 g/mol. The fourth-order valence-electron chi connectivity index (χ4n) is 2.12. The normalized spacial score (nSPS) is 11.2. The van der Waals surface area contributed by atoms with Crippen LogP contribution in [0.4, 0.5) is 18.9 Å². The second-order valence-electron chi connectivity index (χ2n) is 5.45. The number of halogens is 3. The van der Waals surface area contributed by atoms with Crippen LogP contribution < -0.4 is 4.74 Å². The molecule has 0 aliphatic carbocycles. The number of nitro groups is 1. The number of nitro benzene ring substituents is 1. The van der Waals surface area contributed by atoms with Crippen LogP contribution in [0.2, 0.25) is 0 Å². The maximum atomic E-state index is 13.0.